The lowest BCUT2D eigenvalue weighted by atomic mass is 9.61. The van der Waals surface area contributed by atoms with Crippen molar-refractivity contribution >= 4 is 33.1 Å². The molecule has 0 spiro atoms. The van der Waals surface area contributed by atoms with Gasteiger partial charge in [-0.05, 0) is 99.9 Å². The number of rotatable bonds is 5. The van der Waals surface area contributed by atoms with Crippen molar-refractivity contribution in [3.8, 4) is 0 Å². The van der Waals surface area contributed by atoms with E-state index < -0.39 is 0 Å². The molecular formula is C51H48N2. The van der Waals surface area contributed by atoms with Gasteiger partial charge >= 0.3 is 0 Å². The summed E-state index contributed by atoms with van der Waals surface area (Å²) in [6, 6.07) is 34.0. The van der Waals surface area contributed by atoms with E-state index >= 15 is 0 Å². The molecule has 0 amide bonds. The number of benzene rings is 4. The Morgan fingerprint density at radius 2 is 1.68 bits per heavy atom. The van der Waals surface area contributed by atoms with Crippen molar-refractivity contribution in [2.75, 3.05) is 0 Å². The monoisotopic (exact) mass is 688 g/mol. The molecule has 0 radical (unpaired) electrons. The molecule has 5 aliphatic rings. The van der Waals surface area contributed by atoms with Crippen molar-refractivity contribution in [3.63, 3.8) is 0 Å². The second kappa shape index (κ2) is 13.0. The van der Waals surface area contributed by atoms with E-state index in [1.807, 2.05) is 0 Å². The topological polar surface area (TPSA) is 17.8 Å². The Hall–Kier alpha value is -5.21. The molecule has 262 valence electrons. The highest BCUT2D eigenvalue weighted by molar-refractivity contribution is 5.86. The molecule has 5 aromatic rings. The van der Waals surface area contributed by atoms with Crippen LogP contribution in [-0.2, 0) is 0 Å². The smallest absolute Gasteiger partial charge is 0.121 e. The zero-order chi connectivity index (χ0) is 35.5. The fourth-order valence-corrected chi connectivity index (χ4v) is 10.3. The predicted octanol–water partition coefficient (Wildman–Crippen LogP) is 13.1. The molecular weight excluding hydrogens is 641 g/mol. The normalized spacial score (nSPS) is 27.8. The van der Waals surface area contributed by atoms with Gasteiger partial charge in [0.2, 0.25) is 0 Å². The van der Waals surface area contributed by atoms with E-state index in [4.69, 9.17) is 4.98 Å². The number of allylic oxidation sites excluding steroid dienone is 14. The highest BCUT2D eigenvalue weighted by Crippen LogP contribution is 2.55. The van der Waals surface area contributed by atoms with Crippen molar-refractivity contribution < 1.29 is 0 Å². The summed E-state index contributed by atoms with van der Waals surface area (Å²) in [4.78, 5) is 5.18. The largest absolute Gasteiger partial charge is 0.296 e. The molecule has 53 heavy (non-hydrogen) atoms. The standard InChI is InChI=1S/C51H48N2/c1-34-13-12-18-38(31-34)49-43-20-9-8-19-42(43)48(39-24-23-35-14-6-7-17-37(35)32-39)44-26-25-40(33-45(44)49)51(2)29-27-41(28-30-51)53-47-22-11-10-21-46(47)52-50(53)36-15-4-3-5-16-36/h3-11,14-15,17,19-29,32-34,36,38,44,48H,12-13,16,18,30-31H2,1-2H3. The first kappa shape index (κ1) is 32.4. The SMILES string of the molecule is CC1CCCC(C2=C3C=C(C4(C)C=CC(n5c(C6C=CC=CC6)nc6ccccc65)=CC4)C=CC3C(c3ccc4ccccc4c3)c3ccccc32)C1. The average Bonchev–Trinajstić information content (AvgIpc) is 3.60. The van der Waals surface area contributed by atoms with Crippen LogP contribution in [0.2, 0.25) is 0 Å². The molecule has 0 bridgehead atoms. The zero-order valence-electron chi connectivity index (χ0n) is 31.0. The molecule has 4 aromatic carbocycles. The number of aromatic nitrogens is 2. The lowest BCUT2D eigenvalue weighted by Gasteiger charge is -2.42. The van der Waals surface area contributed by atoms with E-state index in [1.165, 1.54) is 69.9 Å². The van der Waals surface area contributed by atoms with Crippen LogP contribution in [0.5, 0.6) is 0 Å². The van der Waals surface area contributed by atoms with E-state index in [-0.39, 0.29) is 17.3 Å². The summed E-state index contributed by atoms with van der Waals surface area (Å²) in [6.45, 7) is 4.91. The van der Waals surface area contributed by atoms with Crippen molar-refractivity contribution in [2.24, 2.45) is 23.2 Å². The summed E-state index contributed by atoms with van der Waals surface area (Å²) in [5.41, 5.74) is 12.4. The van der Waals surface area contributed by atoms with E-state index in [1.54, 1.807) is 11.1 Å². The molecule has 1 saturated carbocycles. The summed E-state index contributed by atoms with van der Waals surface area (Å²) < 4.78 is 2.41. The van der Waals surface area contributed by atoms with E-state index in [2.05, 4.69) is 170 Å². The van der Waals surface area contributed by atoms with E-state index in [0.29, 0.717) is 11.8 Å². The Morgan fingerprint density at radius 3 is 2.53 bits per heavy atom. The molecule has 1 fully saturated rings. The Labute approximate surface area is 314 Å². The Bertz CT molecular complexity index is 2470. The van der Waals surface area contributed by atoms with Gasteiger partial charge in [0.15, 0.2) is 0 Å². The van der Waals surface area contributed by atoms with Crippen molar-refractivity contribution in [1.82, 2.24) is 9.55 Å². The number of hydrogen-bond donors (Lipinski definition) is 0. The third-order valence-corrected chi connectivity index (χ3v) is 13.1. The first-order valence-corrected chi connectivity index (χ1v) is 20.0. The van der Waals surface area contributed by atoms with Gasteiger partial charge in [0.1, 0.15) is 5.82 Å². The van der Waals surface area contributed by atoms with Gasteiger partial charge in [-0.2, -0.15) is 0 Å². The number of hydrogen-bond acceptors (Lipinski definition) is 1. The fourth-order valence-electron chi connectivity index (χ4n) is 10.3. The summed E-state index contributed by atoms with van der Waals surface area (Å²) in [5, 5.41) is 2.63. The summed E-state index contributed by atoms with van der Waals surface area (Å²) in [7, 11) is 0. The maximum atomic E-state index is 5.18. The molecule has 0 N–H and O–H groups in total. The van der Waals surface area contributed by atoms with Crippen molar-refractivity contribution in [2.45, 2.75) is 64.2 Å². The fraction of sp³-hybridized carbons (Fsp3) is 0.275. The van der Waals surface area contributed by atoms with Crippen molar-refractivity contribution in [3.05, 3.63) is 185 Å². The van der Waals surface area contributed by atoms with Gasteiger partial charge in [0, 0.05) is 28.9 Å². The highest BCUT2D eigenvalue weighted by atomic mass is 15.1. The highest BCUT2D eigenvalue weighted by Gasteiger charge is 2.40. The Balaban J connectivity index is 1.07. The number of para-hydroxylation sites is 2. The zero-order valence-corrected chi connectivity index (χ0v) is 31.0. The minimum atomic E-state index is -0.109. The molecule has 1 heterocycles. The van der Waals surface area contributed by atoms with Crippen LogP contribution in [0.3, 0.4) is 0 Å². The minimum absolute atomic E-state index is 0.109. The molecule has 2 nitrogen and oxygen atoms in total. The van der Waals surface area contributed by atoms with Gasteiger partial charge < -0.3 is 0 Å². The van der Waals surface area contributed by atoms with Crippen LogP contribution in [0, 0.1) is 23.2 Å². The second-order valence-corrected chi connectivity index (χ2v) is 16.5. The third kappa shape index (κ3) is 5.57. The number of fused-ring (bicyclic) bond motifs is 4. The van der Waals surface area contributed by atoms with E-state index in [0.717, 1.165) is 30.1 Å². The van der Waals surface area contributed by atoms with Crippen LogP contribution in [0.1, 0.15) is 86.7 Å². The second-order valence-electron chi connectivity index (χ2n) is 16.5. The lowest BCUT2D eigenvalue weighted by Crippen LogP contribution is -2.28. The van der Waals surface area contributed by atoms with Crippen LogP contribution in [0.4, 0.5) is 0 Å². The van der Waals surface area contributed by atoms with Gasteiger partial charge in [0.25, 0.3) is 0 Å². The molecule has 6 unspecified atom stereocenters. The Morgan fingerprint density at radius 1 is 0.830 bits per heavy atom. The van der Waals surface area contributed by atoms with Gasteiger partial charge in [-0.15, -0.1) is 0 Å². The van der Waals surface area contributed by atoms with Crippen LogP contribution < -0.4 is 0 Å². The number of nitrogens with zero attached hydrogens (tertiary/aromatic N) is 2. The van der Waals surface area contributed by atoms with Crippen LogP contribution in [0.15, 0.2) is 163 Å². The van der Waals surface area contributed by atoms with Crippen LogP contribution >= 0.6 is 0 Å². The Kier molecular flexibility index (Phi) is 7.97. The third-order valence-electron chi connectivity index (χ3n) is 13.1. The molecule has 2 heteroatoms. The predicted molar refractivity (Wildman–Crippen MR) is 222 cm³/mol. The van der Waals surface area contributed by atoms with Crippen LogP contribution in [-0.4, -0.2) is 9.55 Å². The van der Waals surface area contributed by atoms with Gasteiger partial charge in [-0.1, -0.05) is 160 Å². The van der Waals surface area contributed by atoms with Gasteiger partial charge in [-0.3, -0.25) is 4.57 Å². The minimum Gasteiger partial charge on any atom is -0.296 e. The lowest BCUT2D eigenvalue weighted by molar-refractivity contribution is 0.330. The summed E-state index contributed by atoms with van der Waals surface area (Å²) >= 11 is 0. The van der Waals surface area contributed by atoms with Crippen molar-refractivity contribution in [1.29, 1.82) is 0 Å². The first-order chi connectivity index (χ1) is 26.0. The maximum Gasteiger partial charge on any atom is 0.121 e. The molecule has 5 aliphatic carbocycles. The maximum absolute atomic E-state index is 5.18. The summed E-state index contributed by atoms with van der Waals surface area (Å²) in [5.74, 6) is 3.34. The molecule has 6 atom stereocenters. The van der Waals surface area contributed by atoms with Gasteiger partial charge in [0.05, 0.1) is 11.0 Å². The molecule has 0 aliphatic heterocycles. The molecule has 1 aromatic heterocycles. The summed E-state index contributed by atoms with van der Waals surface area (Å²) in [6.07, 6.45) is 31.1. The first-order valence-electron chi connectivity index (χ1n) is 20.0. The molecule has 10 rings (SSSR count). The van der Waals surface area contributed by atoms with Crippen LogP contribution in [0.25, 0.3) is 33.1 Å². The molecule has 0 saturated heterocycles. The van der Waals surface area contributed by atoms with Gasteiger partial charge in [-0.25, -0.2) is 4.98 Å². The number of imidazole rings is 1. The quantitative estimate of drug-likeness (QED) is 0.180. The van der Waals surface area contributed by atoms with E-state index in [9.17, 15) is 0 Å². The average molecular weight is 689 g/mol.